The Morgan fingerprint density at radius 2 is 2.50 bits per heavy atom. The van der Waals surface area contributed by atoms with Gasteiger partial charge < -0.3 is 0 Å². The van der Waals surface area contributed by atoms with E-state index in [1.165, 1.54) is 0 Å². The maximum absolute atomic E-state index is 3.81. The van der Waals surface area contributed by atoms with Crippen LogP contribution in [0.1, 0.15) is 0 Å². The first kappa shape index (κ1) is 3.34. The number of rotatable bonds is 0. The first-order valence-electron chi connectivity index (χ1n) is 1.79. The lowest BCUT2D eigenvalue weighted by molar-refractivity contribution is 1.50. The molecule has 6 heavy (non-hydrogen) atoms. The Balaban J connectivity index is 2.86. The Morgan fingerprint density at radius 3 is 2.67 bits per heavy atom. The number of hydrogen-bond donors (Lipinski definition) is 0. The predicted octanol–water partition coefficient (Wildman–Crippen LogP) is 1.14. The van der Waals surface area contributed by atoms with Crippen LogP contribution in [-0.2, 0) is 0 Å². The Hall–Kier alpha value is -0.850. The standard InChI is InChI=1S/C5H5N/c1-5-3-2-4-6-5/h2-4H,1H2. The molecular weight excluding hydrogens is 74.1 g/mol. The van der Waals surface area contributed by atoms with Crippen LogP contribution in [0.3, 0.4) is 0 Å². The zero-order chi connectivity index (χ0) is 4.41. The van der Waals surface area contributed by atoms with Crippen LogP contribution in [0.4, 0.5) is 0 Å². The fourth-order valence-corrected chi connectivity index (χ4v) is 0.336. The molecule has 0 amide bonds. The van der Waals surface area contributed by atoms with E-state index >= 15 is 0 Å². The third-order valence-electron chi connectivity index (χ3n) is 0.615. The van der Waals surface area contributed by atoms with Crippen LogP contribution < -0.4 is 0 Å². The highest BCUT2D eigenvalue weighted by Gasteiger charge is 1.81. The number of nitrogens with zero attached hydrogens (tertiary/aromatic N) is 1. The van der Waals surface area contributed by atoms with E-state index < -0.39 is 0 Å². The predicted molar refractivity (Wildman–Crippen MR) is 26.8 cm³/mol. The summed E-state index contributed by atoms with van der Waals surface area (Å²) in [4.78, 5) is 3.81. The first-order chi connectivity index (χ1) is 2.89. The van der Waals surface area contributed by atoms with Gasteiger partial charge in [0.25, 0.3) is 0 Å². The molecule has 0 spiro atoms. The summed E-state index contributed by atoms with van der Waals surface area (Å²) in [6.07, 6.45) is 5.45. The lowest BCUT2D eigenvalue weighted by Gasteiger charge is -1.71. The zero-order valence-electron chi connectivity index (χ0n) is 3.39. The molecule has 30 valence electrons. The Labute approximate surface area is 36.7 Å². The van der Waals surface area contributed by atoms with E-state index in [0.717, 1.165) is 5.70 Å². The van der Waals surface area contributed by atoms with Gasteiger partial charge >= 0.3 is 0 Å². The summed E-state index contributed by atoms with van der Waals surface area (Å²) in [7, 11) is 0. The van der Waals surface area contributed by atoms with Crippen molar-refractivity contribution in [3.05, 3.63) is 24.4 Å². The fourth-order valence-electron chi connectivity index (χ4n) is 0.336. The van der Waals surface area contributed by atoms with Crippen LogP contribution in [0, 0.1) is 0 Å². The van der Waals surface area contributed by atoms with Crippen molar-refractivity contribution >= 4 is 6.21 Å². The SMILES string of the molecule is C=C1C=CC=N1. The molecule has 0 aromatic carbocycles. The smallest absolute Gasteiger partial charge is 0.0558 e. The molecule has 1 nitrogen and oxygen atoms in total. The monoisotopic (exact) mass is 79.0 g/mol. The lowest BCUT2D eigenvalue weighted by Crippen LogP contribution is -1.51. The normalized spacial score (nSPS) is 17.0. The van der Waals surface area contributed by atoms with Gasteiger partial charge in [-0.2, -0.15) is 0 Å². The van der Waals surface area contributed by atoms with Crippen molar-refractivity contribution in [1.82, 2.24) is 0 Å². The summed E-state index contributed by atoms with van der Waals surface area (Å²) < 4.78 is 0. The number of allylic oxidation sites excluding steroid dienone is 2. The highest BCUT2D eigenvalue weighted by molar-refractivity contribution is 5.76. The summed E-state index contributed by atoms with van der Waals surface area (Å²) in [6, 6.07) is 0. The second kappa shape index (κ2) is 1.09. The minimum absolute atomic E-state index is 0.843. The van der Waals surface area contributed by atoms with Gasteiger partial charge in [-0.15, -0.1) is 0 Å². The molecule has 0 radical (unpaired) electrons. The molecule has 0 aromatic rings. The topological polar surface area (TPSA) is 12.4 Å². The van der Waals surface area contributed by atoms with Gasteiger partial charge in [-0.1, -0.05) is 6.58 Å². The largest absolute Gasteiger partial charge is 0.258 e. The average molecular weight is 79.1 g/mol. The second-order valence-electron chi connectivity index (χ2n) is 1.13. The first-order valence-corrected chi connectivity index (χ1v) is 1.79. The molecule has 0 saturated heterocycles. The maximum atomic E-state index is 3.81. The van der Waals surface area contributed by atoms with Gasteiger partial charge in [0, 0.05) is 6.21 Å². The second-order valence-corrected chi connectivity index (χ2v) is 1.13. The van der Waals surface area contributed by atoms with Crippen molar-refractivity contribution in [3.63, 3.8) is 0 Å². The zero-order valence-corrected chi connectivity index (χ0v) is 3.39. The molecule has 0 saturated carbocycles. The summed E-state index contributed by atoms with van der Waals surface area (Å²) >= 11 is 0. The minimum Gasteiger partial charge on any atom is -0.258 e. The third-order valence-corrected chi connectivity index (χ3v) is 0.615. The Kier molecular flexibility index (Phi) is 0.607. The van der Waals surface area contributed by atoms with Crippen LogP contribution in [0.5, 0.6) is 0 Å². The van der Waals surface area contributed by atoms with Crippen molar-refractivity contribution < 1.29 is 0 Å². The molecule has 1 heterocycles. The minimum atomic E-state index is 0.843. The molecule has 0 aliphatic carbocycles. The van der Waals surface area contributed by atoms with Gasteiger partial charge in [0.05, 0.1) is 5.70 Å². The van der Waals surface area contributed by atoms with Gasteiger partial charge in [-0.05, 0) is 12.2 Å². The summed E-state index contributed by atoms with van der Waals surface area (Å²) in [5, 5.41) is 0. The van der Waals surface area contributed by atoms with Crippen LogP contribution in [-0.4, -0.2) is 6.21 Å². The lowest BCUT2D eigenvalue weighted by atomic mass is 10.5. The van der Waals surface area contributed by atoms with E-state index in [1.54, 1.807) is 6.21 Å². The van der Waals surface area contributed by atoms with Crippen molar-refractivity contribution in [2.75, 3.05) is 0 Å². The van der Waals surface area contributed by atoms with Crippen molar-refractivity contribution in [1.29, 1.82) is 0 Å². The van der Waals surface area contributed by atoms with E-state index in [1.807, 2.05) is 12.2 Å². The van der Waals surface area contributed by atoms with Crippen LogP contribution in [0.2, 0.25) is 0 Å². The van der Waals surface area contributed by atoms with Crippen LogP contribution in [0.15, 0.2) is 29.4 Å². The van der Waals surface area contributed by atoms with Gasteiger partial charge in [0.2, 0.25) is 0 Å². The van der Waals surface area contributed by atoms with Crippen LogP contribution in [0.25, 0.3) is 0 Å². The molecule has 1 rings (SSSR count). The van der Waals surface area contributed by atoms with Gasteiger partial charge in [-0.3, -0.25) is 4.99 Å². The third kappa shape index (κ3) is 0.385. The highest BCUT2D eigenvalue weighted by Crippen LogP contribution is 1.97. The van der Waals surface area contributed by atoms with Crippen molar-refractivity contribution in [3.8, 4) is 0 Å². The Bertz CT molecular complexity index is 106. The summed E-state index contributed by atoms with van der Waals surface area (Å²) in [6.45, 7) is 3.57. The summed E-state index contributed by atoms with van der Waals surface area (Å²) in [5.41, 5.74) is 0.843. The molecule has 1 aliphatic heterocycles. The van der Waals surface area contributed by atoms with Crippen molar-refractivity contribution in [2.45, 2.75) is 0 Å². The molecule has 0 aromatic heterocycles. The fraction of sp³-hybridized carbons (Fsp3) is 0. The molecule has 0 unspecified atom stereocenters. The highest BCUT2D eigenvalue weighted by atomic mass is 14.7. The molecule has 1 heteroatoms. The molecule has 0 atom stereocenters. The van der Waals surface area contributed by atoms with E-state index in [0.29, 0.717) is 0 Å². The molecule has 0 bridgehead atoms. The number of hydrogen-bond acceptors (Lipinski definition) is 1. The van der Waals surface area contributed by atoms with E-state index in [2.05, 4.69) is 11.6 Å². The molecule has 1 aliphatic rings. The van der Waals surface area contributed by atoms with E-state index in [-0.39, 0.29) is 0 Å². The Morgan fingerprint density at radius 1 is 1.67 bits per heavy atom. The van der Waals surface area contributed by atoms with Gasteiger partial charge in [0.15, 0.2) is 0 Å². The average Bonchev–Trinajstić information content (AvgIpc) is 1.86. The van der Waals surface area contributed by atoms with E-state index in [9.17, 15) is 0 Å². The van der Waals surface area contributed by atoms with Crippen LogP contribution >= 0.6 is 0 Å². The molecule has 0 fully saturated rings. The van der Waals surface area contributed by atoms with Gasteiger partial charge in [0.1, 0.15) is 0 Å². The maximum Gasteiger partial charge on any atom is 0.0558 e. The summed E-state index contributed by atoms with van der Waals surface area (Å²) in [5.74, 6) is 0. The quantitative estimate of drug-likeness (QED) is 0.413. The van der Waals surface area contributed by atoms with Gasteiger partial charge in [-0.25, -0.2) is 0 Å². The number of aliphatic imine (C=N–C) groups is 1. The molecule has 0 N–H and O–H groups in total. The molecular formula is C5H5N. The van der Waals surface area contributed by atoms with Crippen molar-refractivity contribution in [2.24, 2.45) is 4.99 Å². The van der Waals surface area contributed by atoms with E-state index in [4.69, 9.17) is 0 Å².